The summed E-state index contributed by atoms with van der Waals surface area (Å²) in [5.41, 5.74) is 2.78. The van der Waals surface area contributed by atoms with Crippen LogP contribution < -0.4 is 10.2 Å². The van der Waals surface area contributed by atoms with E-state index in [2.05, 4.69) is 17.1 Å². The highest BCUT2D eigenvalue weighted by Gasteiger charge is 2.08. The maximum atomic E-state index is 11.9. The van der Waals surface area contributed by atoms with Gasteiger partial charge in [0.25, 0.3) is 5.91 Å². The number of nitro groups is 1. The number of nitrogens with one attached hydrogen (secondary N) is 1. The van der Waals surface area contributed by atoms with Gasteiger partial charge in [0.2, 0.25) is 0 Å². The molecule has 0 radical (unpaired) electrons. The van der Waals surface area contributed by atoms with Gasteiger partial charge in [-0.3, -0.25) is 14.9 Å². The van der Waals surface area contributed by atoms with Crippen LogP contribution in [0.15, 0.2) is 54.2 Å². The van der Waals surface area contributed by atoms with E-state index < -0.39 is 4.92 Å². The van der Waals surface area contributed by atoms with Crippen molar-refractivity contribution in [2.24, 2.45) is 5.10 Å². The second-order valence-electron chi connectivity index (χ2n) is 4.26. The molecule has 23 heavy (non-hydrogen) atoms. The first-order valence-corrected chi connectivity index (χ1v) is 7.33. The summed E-state index contributed by atoms with van der Waals surface area (Å²) in [5.74, 6) is 0.249. The molecular weight excluding hydrogens is 318 g/mol. The molecule has 0 aliphatic heterocycles. The molecule has 1 aromatic heterocycles. The number of thiophene rings is 1. The molecule has 1 aromatic carbocycles. The summed E-state index contributed by atoms with van der Waals surface area (Å²) in [7, 11) is 0. The fourth-order valence-electron chi connectivity index (χ4n) is 1.59. The zero-order valence-electron chi connectivity index (χ0n) is 12.0. The van der Waals surface area contributed by atoms with E-state index in [-0.39, 0.29) is 10.9 Å². The summed E-state index contributed by atoms with van der Waals surface area (Å²) < 4.78 is 5.32. The van der Waals surface area contributed by atoms with Crippen LogP contribution in [-0.2, 0) is 0 Å². The molecule has 1 N–H and O–H groups in total. The second-order valence-corrected chi connectivity index (χ2v) is 5.35. The normalized spacial score (nSPS) is 10.4. The Balaban J connectivity index is 1.91. The molecule has 1 heterocycles. The van der Waals surface area contributed by atoms with Gasteiger partial charge in [-0.15, -0.1) is 0 Å². The van der Waals surface area contributed by atoms with E-state index in [0.717, 1.165) is 11.3 Å². The van der Waals surface area contributed by atoms with Crippen LogP contribution in [0.5, 0.6) is 5.75 Å². The molecule has 0 saturated heterocycles. The summed E-state index contributed by atoms with van der Waals surface area (Å²) >= 11 is 0.974. The summed E-state index contributed by atoms with van der Waals surface area (Å²) in [4.78, 5) is 22.5. The number of hydrazone groups is 1. The molecule has 0 saturated carbocycles. The van der Waals surface area contributed by atoms with Gasteiger partial charge in [0.15, 0.2) is 0 Å². The second kappa shape index (κ2) is 7.85. The highest BCUT2D eigenvalue weighted by molar-refractivity contribution is 7.16. The third kappa shape index (κ3) is 4.75. The van der Waals surface area contributed by atoms with Gasteiger partial charge >= 0.3 is 5.00 Å². The zero-order chi connectivity index (χ0) is 16.7. The van der Waals surface area contributed by atoms with Crippen molar-refractivity contribution < 1.29 is 14.5 Å². The molecule has 1 amide bonds. The molecule has 7 nitrogen and oxygen atoms in total. The van der Waals surface area contributed by atoms with Crippen LogP contribution in [-0.4, -0.2) is 23.7 Å². The summed E-state index contributed by atoms with van der Waals surface area (Å²) in [5, 5.41) is 14.4. The first-order chi connectivity index (χ1) is 11.1. The predicted molar refractivity (Wildman–Crippen MR) is 88.2 cm³/mol. The van der Waals surface area contributed by atoms with E-state index in [1.807, 2.05) is 0 Å². The minimum absolute atomic E-state index is 0.0212. The first kappa shape index (κ1) is 16.4. The molecule has 0 atom stereocenters. The molecule has 118 valence electrons. The lowest BCUT2D eigenvalue weighted by atomic mass is 10.2. The number of hydrogen-bond acceptors (Lipinski definition) is 6. The molecule has 0 spiro atoms. The number of rotatable bonds is 7. The van der Waals surface area contributed by atoms with Crippen LogP contribution in [0, 0.1) is 10.1 Å². The predicted octanol–water partition coefficient (Wildman–Crippen LogP) is 2.99. The summed E-state index contributed by atoms with van der Waals surface area (Å²) in [6.07, 6.45) is 2.99. The van der Waals surface area contributed by atoms with Gasteiger partial charge in [-0.2, -0.15) is 5.10 Å². The molecule has 0 fully saturated rings. The Morgan fingerprint density at radius 2 is 2.09 bits per heavy atom. The van der Waals surface area contributed by atoms with Crippen molar-refractivity contribution in [2.45, 2.75) is 0 Å². The van der Waals surface area contributed by atoms with Crippen LogP contribution in [0.2, 0.25) is 0 Å². The van der Waals surface area contributed by atoms with Crippen molar-refractivity contribution >= 4 is 28.5 Å². The van der Waals surface area contributed by atoms with Crippen molar-refractivity contribution in [1.29, 1.82) is 0 Å². The van der Waals surface area contributed by atoms with E-state index in [0.29, 0.717) is 22.8 Å². The van der Waals surface area contributed by atoms with E-state index >= 15 is 0 Å². The van der Waals surface area contributed by atoms with E-state index in [1.165, 1.54) is 12.3 Å². The quantitative estimate of drug-likeness (QED) is 0.365. The Bertz CT molecular complexity index is 737. The fourth-order valence-corrected chi connectivity index (χ4v) is 2.28. The third-order valence-corrected chi connectivity index (χ3v) is 3.61. The lowest BCUT2D eigenvalue weighted by Gasteiger charge is -2.04. The smallest absolute Gasteiger partial charge is 0.324 e. The van der Waals surface area contributed by atoms with Gasteiger partial charge in [0, 0.05) is 11.6 Å². The van der Waals surface area contributed by atoms with Gasteiger partial charge < -0.3 is 4.74 Å². The Kier molecular flexibility index (Phi) is 5.59. The van der Waals surface area contributed by atoms with Gasteiger partial charge in [-0.1, -0.05) is 24.0 Å². The van der Waals surface area contributed by atoms with Crippen molar-refractivity contribution in [3.63, 3.8) is 0 Å². The average molecular weight is 331 g/mol. The van der Waals surface area contributed by atoms with Crippen LogP contribution in [0.1, 0.15) is 15.2 Å². The molecule has 0 aliphatic rings. The lowest BCUT2D eigenvalue weighted by molar-refractivity contribution is -0.380. The SMILES string of the molecule is C=CCOc1ccc(C(=O)N/N=C\c2ccc([N+](=O)[O-])s2)cc1. The Hall–Kier alpha value is -3.00. The number of ether oxygens (including phenoxy) is 1. The molecule has 0 aliphatic carbocycles. The first-order valence-electron chi connectivity index (χ1n) is 6.51. The third-order valence-electron chi connectivity index (χ3n) is 2.63. The van der Waals surface area contributed by atoms with Gasteiger partial charge in [-0.05, 0) is 30.3 Å². The molecule has 0 bridgehead atoms. The Morgan fingerprint density at radius 3 is 2.70 bits per heavy atom. The fraction of sp³-hybridized carbons (Fsp3) is 0.0667. The summed E-state index contributed by atoms with van der Waals surface area (Å²) in [6.45, 7) is 3.94. The molecule has 0 unspecified atom stereocenters. The number of amides is 1. The van der Waals surface area contributed by atoms with Crippen LogP contribution >= 0.6 is 11.3 Å². The zero-order valence-corrected chi connectivity index (χ0v) is 12.8. The number of carbonyl (C=O) groups excluding carboxylic acids is 1. The monoisotopic (exact) mass is 331 g/mol. The molecule has 8 heteroatoms. The standard InChI is InChI=1S/C15H13N3O4S/c1-2-9-22-12-5-3-11(4-6-12)15(19)17-16-10-13-7-8-14(23-13)18(20)21/h2-8,10H,1,9H2,(H,17,19)/b16-10-. The maximum absolute atomic E-state index is 11.9. The van der Waals surface area contributed by atoms with Crippen molar-refractivity contribution in [2.75, 3.05) is 6.61 Å². The Labute approximate surface area is 136 Å². The minimum Gasteiger partial charge on any atom is -0.490 e. The number of hydrogen-bond donors (Lipinski definition) is 1. The van der Waals surface area contributed by atoms with Gasteiger partial charge in [0.1, 0.15) is 12.4 Å². The van der Waals surface area contributed by atoms with Gasteiger partial charge in [-0.25, -0.2) is 5.43 Å². The molecular formula is C15H13N3O4S. The number of benzene rings is 1. The largest absolute Gasteiger partial charge is 0.490 e. The van der Waals surface area contributed by atoms with E-state index in [9.17, 15) is 14.9 Å². The maximum Gasteiger partial charge on any atom is 0.324 e. The molecule has 2 aromatic rings. The minimum atomic E-state index is -0.476. The lowest BCUT2D eigenvalue weighted by Crippen LogP contribution is -2.17. The number of nitrogens with zero attached hydrogens (tertiary/aromatic N) is 2. The Morgan fingerprint density at radius 1 is 1.35 bits per heavy atom. The van der Waals surface area contributed by atoms with Crippen LogP contribution in [0.3, 0.4) is 0 Å². The van der Waals surface area contributed by atoms with Gasteiger partial charge in [0.05, 0.1) is 16.0 Å². The van der Waals surface area contributed by atoms with E-state index in [1.54, 1.807) is 36.4 Å². The highest BCUT2D eigenvalue weighted by atomic mass is 32.1. The topological polar surface area (TPSA) is 93.8 Å². The highest BCUT2D eigenvalue weighted by Crippen LogP contribution is 2.22. The van der Waals surface area contributed by atoms with Crippen molar-refractivity contribution in [3.05, 3.63) is 69.6 Å². The van der Waals surface area contributed by atoms with Crippen molar-refractivity contribution in [3.8, 4) is 5.75 Å². The number of carbonyl (C=O) groups is 1. The van der Waals surface area contributed by atoms with Crippen LogP contribution in [0.4, 0.5) is 5.00 Å². The van der Waals surface area contributed by atoms with Crippen LogP contribution in [0.25, 0.3) is 0 Å². The van der Waals surface area contributed by atoms with E-state index in [4.69, 9.17) is 4.74 Å². The summed E-state index contributed by atoms with van der Waals surface area (Å²) in [6, 6.07) is 9.51. The molecule has 2 rings (SSSR count). The average Bonchev–Trinajstić information content (AvgIpc) is 3.02. The van der Waals surface area contributed by atoms with Crippen molar-refractivity contribution in [1.82, 2.24) is 5.43 Å².